The van der Waals surface area contributed by atoms with Gasteiger partial charge in [-0.25, -0.2) is 4.79 Å². The molecular weight excluding hydrogens is 328 g/mol. The molecule has 1 atom stereocenters. The minimum Gasteiger partial charge on any atom is -0.315 e. The maximum absolute atomic E-state index is 13.0. The first kappa shape index (κ1) is 16.6. The van der Waals surface area contributed by atoms with Gasteiger partial charge in [0.1, 0.15) is 0 Å². The SMILES string of the molecule is CC(c1cccnc1)N(C(=O)Nc1cccc(N2CCC2=O)c1)C1CC1. The number of amides is 3. The van der Waals surface area contributed by atoms with Crippen LogP contribution in [0.15, 0.2) is 48.8 Å². The number of anilines is 2. The van der Waals surface area contributed by atoms with Gasteiger partial charge in [0.05, 0.1) is 6.04 Å². The van der Waals surface area contributed by atoms with E-state index in [1.54, 1.807) is 11.1 Å². The minimum absolute atomic E-state index is 0.0451. The Morgan fingerprint density at radius 1 is 1.31 bits per heavy atom. The Bertz CT molecular complexity index is 820. The predicted molar refractivity (Wildman–Crippen MR) is 99.9 cm³/mol. The van der Waals surface area contributed by atoms with Gasteiger partial charge in [-0.15, -0.1) is 0 Å². The molecule has 134 valence electrons. The molecule has 6 nitrogen and oxygen atoms in total. The topological polar surface area (TPSA) is 65.5 Å². The van der Waals surface area contributed by atoms with E-state index < -0.39 is 0 Å². The summed E-state index contributed by atoms with van der Waals surface area (Å²) < 4.78 is 0. The van der Waals surface area contributed by atoms with Gasteiger partial charge in [-0.2, -0.15) is 0 Å². The minimum atomic E-state index is -0.115. The number of hydrogen-bond donors (Lipinski definition) is 1. The summed E-state index contributed by atoms with van der Waals surface area (Å²) in [6.45, 7) is 2.77. The van der Waals surface area contributed by atoms with E-state index in [1.807, 2.05) is 54.4 Å². The van der Waals surface area contributed by atoms with Crippen LogP contribution in [0.5, 0.6) is 0 Å². The number of urea groups is 1. The number of nitrogens with one attached hydrogen (secondary N) is 1. The summed E-state index contributed by atoms with van der Waals surface area (Å²) in [5.74, 6) is 0.123. The lowest BCUT2D eigenvalue weighted by molar-refractivity contribution is -0.122. The van der Waals surface area contributed by atoms with E-state index >= 15 is 0 Å². The molecule has 2 aliphatic rings. The number of carbonyl (C=O) groups is 2. The maximum Gasteiger partial charge on any atom is 0.322 e. The van der Waals surface area contributed by atoms with Gasteiger partial charge in [0, 0.05) is 42.8 Å². The third-order valence-corrected chi connectivity index (χ3v) is 5.02. The van der Waals surface area contributed by atoms with Crippen LogP contribution in [-0.2, 0) is 4.79 Å². The summed E-state index contributed by atoms with van der Waals surface area (Å²) in [6.07, 6.45) is 6.19. The fraction of sp³-hybridized carbons (Fsp3) is 0.350. The summed E-state index contributed by atoms with van der Waals surface area (Å²) in [7, 11) is 0. The second kappa shape index (κ2) is 6.78. The average Bonchev–Trinajstić information content (AvgIpc) is 3.46. The molecule has 2 fully saturated rings. The van der Waals surface area contributed by atoms with Gasteiger partial charge in [0.2, 0.25) is 5.91 Å². The molecule has 0 radical (unpaired) electrons. The van der Waals surface area contributed by atoms with Gasteiger partial charge in [-0.1, -0.05) is 12.1 Å². The number of benzene rings is 1. The number of aromatic nitrogens is 1. The van der Waals surface area contributed by atoms with Crippen LogP contribution < -0.4 is 10.2 Å². The highest BCUT2D eigenvalue weighted by Gasteiger charge is 2.36. The van der Waals surface area contributed by atoms with Crippen molar-refractivity contribution < 1.29 is 9.59 Å². The largest absolute Gasteiger partial charge is 0.322 e. The van der Waals surface area contributed by atoms with Gasteiger partial charge < -0.3 is 15.1 Å². The van der Waals surface area contributed by atoms with Crippen molar-refractivity contribution in [1.29, 1.82) is 0 Å². The quantitative estimate of drug-likeness (QED) is 0.838. The molecule has 2 heterocycles. The van der Waals surface area contributed by atoms with Gasteiger partial charge in [0.15, 0.2) is 0 Å². The molecule has 0 bridgehead atoms. The van der Waals surface area contributed by atoms with Crippen LogP contribution in [-0.4, -0.2) is 34.4 Å². The van der Waals surface area contributed by atoms with Crippen LogP contribution in [0.2, 0.25) is 0 Å². The van der Waals surface area contributed by atoms with E-state index in [-0.39, 0.29) is 24.0 Å². The second-order valence-corrected chi connectivity index (χ2v) is 6.88. The molecule has 1 aromatic carbocycles. The Hall–Kier alpha value is -2.89. The van der Waals surface area contributed by atoms with Crippen LogP contribution in [0.25, 0.3) is 0 Å². The lowest BCUT2D eigenvalue weighted by Crippen LogP contribution is -2.43. The van der Waals surface area contributed by atoms with Crippen molar-refractivity contribution in [1.82, 2.24) is 9.88 Å². The van der Waals surface area contributed by atoms with Crippen molar-refractivity contribution in [2.45, 2.75) is 38.3 Å². The average molecular weight is 350 g/mol. The maximum atomic E-state index is 13.0. The molecular formula is C20H22N4O2. The molecule has 1 unspecified atom stereocenters. The zero-order chi connectivity index (χ0) is 18.1. The number of carbonyl (C=O) groups excluding carboxylic acids is 2. The third kappa shape index (κ3) is 3.27. The number of rotatable bonds is 5. The highest BCUT2D eigenvalue weighted by Crippen LogP contribution is 2.35. The Morgan fingerprint density at radius 3 is 2.77 bits per heavy atom. The van der Waals surface area contributed by atoms with Crippen molar-refractivity contribution in [3.8, 4) is 0 Å². The number of pyridine rings is 1. The molecule has 3 amide bonds. The van der Waals surface area contributed by atoms with E-state index in [2.05, 4.69) is 10.3 Å². The Balaban J connectivity index is 1.50. The molecule has 1 aromatic heterocycles. The van der Waals surface area contributed by atoms with Gasteiger partial charge in [-0.05, 0) is 49.6 Å². The molecule has 1 aliphatic carbocycles. The molecule has 0 spiro atoms. The Kier molecular flexibility index (Phi) is 4.32. The lowest BCUT2D eigenvalue weighted by Gasteiger charge is -2.31. The monoisotopic (exact) mass is 350 g/mol. The predicted octanol–water partition coefficient (Wildman–Crippen LogP) is 3.58. The normalized spacial score (nSPS) is 17.4. The summed E-state index contributed by atoms with van der Waals surface area (Å²) in [4.78, 5) is 32.4. The molecule has 1 saturated carbocycles. The molecule has 4 rings (SSSR count). The molecule has 1 saturated heterocycles. The van der Waals surface area contributed by atoms with Crippen LogP contribution >= 0.6 is 0 Å². The number of hydrogen-bond acceptors (Lipinski definition) is 3. The summed E-state index contributed by atoms with van der Waals surface area (Å²) >= 11 is 0. The van der Waals surface area contributed by atoms with Crippen molar-refractivity contribution in [3.05, 3.63) is 54.4 Å². The van der Waals surface area contributed by atoms with Crippen molar-refractivity contribution in [2.75, 3.05) is 16.8 Å². The van der Waals surface area contributed by atoms with Crippen LogP contribution in [0.4, 0.5) is 16.2 Å². The van der Waals surface area contributed by atoms with Gasteiger partial charge >= 0.3 is 6.03 Å². The summed E-state index contributed by atoms with van der Waals surface area (Å²) in [5, 5.41) is 3.00. The van der Waals surface area contributed by atoms with Crippen molar-refractivity contribution in [2.24, 2.45) is 0 Å². The van der Waals surface area contributed by atoms with Crippen LogP contribution in [0.3, 0.4) is 0 Å². The number of β-lactam (4-membered cyclic amide) rings is 1. The molecule has 1 N–H and O–H groups in total. The first-order valence-corrected chi connectivity index (χ1v) is 9.03. The van der Waals surface area contributed by atoms with Crippen molar-refractivity contribution in [3.63, 3.8) is 0 Å². The van der Waals surface area contributed by atoms with Crippen LogP contribution in [0.1, 0.15) is 37.8 Å². The molecule has 2 aromatic rings. The summed E-state index contributed by atoms with van der Waals surface area (Å²) in [5.41, 5.74) is 2.56. The lowest BCUT2D eigenvalue weighted by atomic mass is 10.1. The van der Waals surface area contributed by atoms with E-state index in [0.717, 1.165) is 30.6 Å². The van der Waals surface area contributed by atoms with Gasteiger partial charge in [0.25, 0.3) is 0 Å². The first-order chi connectivity index (χ1) is 12.6. The molecule has 1 aliphatic heterocycles. The zero-order valence-electron chi connectivity index (χ0n) is 14.8. The van der Waals surface area contributed by atoms with Crippen LogP contribution in [0, 0.1) is 0 Å². The number of nitrogens with zero attached hydrogens (tertiary/aromatic N) is 3. The second-order valence-electron chi connectivity index (χ2n) is 6.88. The molecule has 26 heavy (non-hydrogen) atoms. The Labute approximate surface area is 152 Å². The fourth-order valence-corrected chi connectivity index (χ4v) is 3.32. The highest BCUT2D eigenvalue weighted by atomic mass is 16.2. The van der Waals surface area contributed by atoms with E-state index in [0.29, 0.717) is 12.1 Å². The highest BCUT2D eigenvalue weighted by molar-refractivity contribution is 6.00. The summed E-state index contributed by atoms with van der Waals surface area (Å²) in [6, 6.07) is 11.5. The van der Waals surface area contributed by atoms with Crippen molar-refractivity contribution >= 4 is 23.3 Å². The molecule has 6 heteroatoms. The van der Waals surface area contributed by atoms with E-state index in [1.165, 1.54) is 0 Å². The van der Waals surface area contributed by atoms with E-state index in [4.69, 9.17) is 0 Å². The zero-order valence-corrected chi connectivity index (χ0v) is 14.8. The third-order valence-electron chi connectivity index (χ3n) is 5.02. The first-order valence-electron chi connectivity index (χ1n) is 9.03. The fourth-order valence-electron chi connectivity index (χ4n) is 3.32. The van der Waals surface area contributed by atoms with Gasteiger partial charge in [-0.3, -0.25) is 9.78 Å². The smallest absolute Gasteiger partial charge is 0.315 e. The standard InChI is InChI=1S/C20H22N4O2/c1-14(15-4-3-10-21-13-15)24(17-7-8-17)20(26)22-16-5-2-6-18(12-16)23-11-9-19(23)25/h2-6,10,12-14,17H,7-9,11H2,1H3,(H,22,26). The Morgan fingerprint density at radius 2 is 2.15 bits per heavy atom. The van der Waals surface area contributed by atoms with E-state index in [9.17, 15) is 9.59 Å².